The molecule has 1 atom stereocenters. The molecule has 0 amide bonds. The van der Waals surface area contributed by atoms with Crippen LogP contribution in [0.5, 0.6) is 0 Å². The number of furan rings is 1. The molecule has 1 aromatic heterocycles. The average Bonchev–Trinajstić information content (AvgIpc) is 2.52. The van der Waals surface area contributed by atoms with Gasteiger partial charge in [-0.3, -0.25) is 0 Å². The Bertz CT molecular complexity index is 234. The van der Waals surface area contributed by atoms with Gasteiger partial charge in [-0.25, -0.2) is 0 Å². The molecule has 0 aromatic carbocycles. The maximum atomic E-state index is 8.70. The van der Waals surface area contributed by atoms with Crippen molar-refractivity contribution in [2.45, 2.75) is 12.6 Å². The minimum absolute atomic E-state index is 0.0975. The lowest BCUT2D eigenvalue weighted by Gasteiger charge is -2.05. The van der Waals surface area contributed by atoms with Gasteiger partial charge in [0, 0.05) is 7.11 Å². The molecule has 0 bridgehead atoms. The normalized spacial score (nSPS) is 13.2. The van der Waals surface area contributed by atoms with E-state index < -0.39 is 0 Å². The molecular formula is C8H13NO3. The lowest BCUT2D eigenvalue weighted by atomic mass is 10.2. The predicted molar refractivity (Wildman–Crippen MR) is 43.4 cm³/mol. The molecule has 68 valence electrons. The van der Waals surface area contributed by atoms with Crippen LogP contribution in [-0.4, -0.2) is 18.8 Å². The number of hydrogen-bond donors (Lipinski definition) is 2. The summed E-state index contributed by atoms with van der Waals surface area (Å²) in [6, 6.07) is 3.19. The van der Waals surface area contributed by atoms with Crippen LogP contribution in [0.15, 0.2) is 16.5 Å². The average molecular weight is 171 g/mol. The molecule has 0 aliphatic rings. The number of aliphatic hydroxyl groups is 1. The number of methoxy groups -OCH3 is 1. The summed E-state index contributed by atoms with van der Waals surface area (Å²) in [5, 5.41) is 8.70. The SMILES string of the molecule is COCC(N)c1ccc(CO)o1. The molecule has 1 rings (SSSR count). The van der Waals surface area contributed by atoms with Gasteiger partial charge in [0.2, 0.25) is 0 Å². The Morgan fingerprint density at radius 2 is 2.42 bits per heavy atom. The van der Waals surface area contributed by atoms with Gasteiger partial charge >= 0.3 is 0 Å². The first-order valence-electron chi connectivity index (χ1n) is 3.72. The summed E-state index contributed by atoms with van der Waals surface area (Å²) in [7, 11) is 1.58. The lowest BCUT2D eigenvalue weighted by molar-refractivity contribution is 0.169. The summed E-state index contributed by atoms with van der Waals surface area (Å²) in [5.41, 5.74) is 5.67. The molecule has 0 spiro atoms. The van der Waals surface area contributed by atoms with Gasteiger partial charge in [-0.2, -0.15) is 0 Å². The van der Waals surface area contributed by atoms with E-state index in [9.17, 15) is 0 Å². The fourth-order valence-corrected chi connectivity index (χ4v) is 0.940. The van der Waals surface area contributed by atoms with Crippen molar-refractivity contribution in [2.24, 2.45) is 5.73 Å². The van der Waals surface area contributed by atoms with Crippen molar-refractivity contribution in [1.29, 1.82) is 0 Å². The second kappa shape index (κ2) is 4.25. The van der Waals surface area contributed by atoms with Crippen molar-refractivity contribution in [3.8, 4) is 0 Å². The van der Waals surface area contributed by atoms with Crippen LogP contribution in [0.1, 0.15) is 17.6 Å². The van der Waals surface area contributed by atoms with Crippen molar-refractivity contribution in [3.63, 3.8) is 0 Å². The zero-order valence-corrected chi connectivity index (χ0v) is 6.99. The first-order chi connectivity index (χ1) is 5.77. The van der Waals surface area contributed by atoms with Gasteiger partial charge in [0.05, 0.1) is 12.6 Å². The fourth-order valence-electron chi connectivity index (χ4n) is 0.940. The van der Waals surface area contributed by atoms with Crippen LogP contribution in [0, 0.1) is 0 Å². The molecule has 1 heterocycles. The van der Waals surface area contributed by atoms with Gasteiger partial charge in [-0.05, 0) is 12.1 Å². The van der Waals surface area contributed by atoms with Gasteiger partial charge in [-0.15, -0.1) is 0 Å². The summed E-state index contributed by atoms with van der Waals surface area (Å²) in [6.45, 7) is 0.318. The van der Waals surface area contributed by atoms with Crippen LogP contribution in [0.3, 0.4) is 0 Å². The molecule has 0 saturated heterocycles. The number of nitrogens with two attached hydrogens (primary N) is 1. The molecule has 12 heavy (non-hydrogen) atoms. The number of ether oxygens (including phenoxy) is 1. The molecule has 0 aliphatic heterocycles. The third-order valence-electron chi connectivity index (χ3n) is 1.55. The Hall–Kier alpha value is -0.840. The van der Waals surface area contributed by atoms with Crippen molar-refractivity contribution >= 4 is 0 Å². The third-order valence-corrected chi connectivity index (χ3v) is 1.55. The molecule has 1 aromatic rings. The van der Waals surface area contributed by atoms with E-state index in [1.807, 2.05) is 0 Å². The highest BCUT2D eigenvalue weighted by molar-refractivity contribution is 5.09. The van der Waals surface area contributed by atoms with Gasteiger partial charge in [0.15, 0.2) is 0 Å². The molecule has 4 nitrogen and oxygen atoms in total. The van der Waals surface area contributed by atoms with E-state index in [0.29, 0.717) is 18.1 Å². The number of hydrogen-bond acceptors (Lipinski definition) is 4. The monoisotopic (exact) mass is 171 g/mol. The second-order valence-electron chi connectivity index (χ2n) is 2.52. The molecule has 0 fully saturated rings. The smallest absolute Gasteiger partial charge is 0.129 e. The molecule has 0 saturated carbocycles. The van der Waals surface area contributed by atoms with Crippen LogP contribution >= 0.6 is 0 Å². The summed E-state index contributed by atoms with van der Waals surface area (Å²) >= 11 is 0. The number of aliphatic hydroxyl groups excluding tert-OH is 1. The Kier molecular flexibility index (Phi) is 3.28. The van der Waals surface area contributed by atoms with Crippen LogP contribution in [0.4, 0.5) is 0 Å². The van der Waals surface area contributed by atoms with E-state index in [0.717, 1.165) is 0 Å². The maximum Gasteiger partial charge on any atom is 0.129 e. The van der Waals surface area contributed by atoms with E-state index >= 15 is 0 Å². The van der Waals surface area contributed by atoms with Crippen molar-refractivity contribution in [1.82, 2.24) is 0 Å². The molecule has 1 unspecified atom stereocenters. The number of rotatable bonds is 4. The molecule has 0 aliphatic carbocycles. The van der Waals surface area contributed by atoms with Crippen LogP contribution < -0.4 is 5.73 Å². The minimum atomic E-state index is -0.254. The Morgan fingerprint density at radius 1 is 1.67 bits per heavy atom. The van der Waals surface area contributed by atoms with Crippen LogP contribution in [0.25, 0.3) is 0 Å². The van der Waals surface area contributed by atoms with E-state index in [-0.39, 0.29) is 12.6 Å². The van der Waals surface area contributed by atoms with Crippen molar-refractivity contribution in [2.75, 3.05) is 13.7 Å². The van der Waals surface area contributed by atoms with Crippen molar-refractivity contribution in [3.05, 3.63) is 23.7 Å². The van der Waals surface area contributed by atoms with E-state index in [4.69, 9.17) is 20.0 Å². The lowest BCUT2D eigenvalue weighted by Crippen LogP contribution is -2.15. The first kappa shape index (κ1) is 9.25. The van der Waals surface area contributed by atoms with Crippen LogP contribution in [0.2, 0.25) is 0 Å². The van der Waals surface area contributed by atoms with Crippen molar-refractivity contribution < 1.29 is 14.3 Å². The summed E-state index contributed by atoms with van der Waals surface area (Å²) in [4.78, 5) is 0. The zero-order chi connectivity index (χ0) is 8.97. The minimum Gasteiger partial charge on any atom is -0.462 e. The van der Waals surface area contributed by atoms with Crippen LogP contribution in [-0.2, 0) is 11.3 Å². The fraction of sp³-hybridized carbons (Fsp3) is 0.500. The standard InChI is InChI=1S/C8H13NO3/c1-11-5-7(9)8-3-2-6(4-10)12-8/h2-3,7,10H,4-5,9H2,1H3. The van der Waals surface area contributed by atoms with Gasteiger partial charge in [0.1, 0.15) is 18.1 Å². The summed E-state index contributed by atoms with van der Waals surface area (Å²) in [6.07, 6.45) is 0. The van der Waals surface area contributed by atoms with E-state index in [2.05, 4.69) is 0 Å². The Labute approximate surface area is 70.9 Å². The second-order valence-corrected chi connectivity index (χ2v) is 2.52. The van der Waals surface area contributed by atoms with Gasteiger partial charge in [0.25, 0.3) is 0 Å². The molecule has 0 radical (unpaired) electrons. The molecular weight excluding hydrogens is 158 g/mol. The summed E-state index contributed by atoms with van der Waals surface area (Å²) in [5.74, 6) is 1.16. The van der Waals surface area contributed by atoms with Gasteiger partial charge < -0.3 is 20.0 Å². The highest BCUT2D eigenvalue weighted by atomic mass is 16.5. The Balaban J connectivity index is 2.61. The van der Waals surface area contributed by atoms with E-state index in [1.165, 1.54) is 0 Å². The first-order valence-corrected chi connectivity index (χ1v) is 3.72. The Morgan fingerprint density at radius 3 is 2.92 bits per heavy atom. The zero-order valence-electron chi connectivity index (χ0n) is 6.99. The topological polar surface area (TPSA) is 68.6 Å². The predicted octanol–water partition coefficient (Wildman–Crippen LogP) is 0.418. The summed E-state index contributed by atoms with van der Waals surface area (Å²) < 4.78 is 10.0. The van der Waals surface area contributed by atoms with E-state index in [1.54, 1.807) is 19.2 Å². The highest BCUT2D eigenvalue weighted by Gasteiger charge is 2.09. The molecule has 3 N–H and O–H groups in total. The highest BCUT2D eigenvalue weighted by Crippen LogP contribution is 2.14. The largest absolute Gasteiger partial charge is 0.462 e. The quantitative estimate of drug-likeness (QED) is 0.688. The third kappa shape index (κ3) is 2.07. The van der Waals surface area contributed by atoms with Gasteiger partial charge in [-0.1, -0.05) is 0 Å². The maximum absolute atomic E-state index is 8.70. The molecule has 4 heteroatoms.